The molecular formula is C28H26N4O3. The van der Waals surface area contributed by atoms with E-state index in [1.165, 1.54) is 0 Å². The van der Waals surface area contributed by atoms with Crippen LogP contribution in [0.3, 0.4) is 0 Å². The summed E-state index contributed by atoms with van der Waals surface area (Å²) in [4.78, 5) is 20.6. The zero-order valence-electron chi connectivity index (χ0n) is 19.6. The molecule has 0 unspecified atom stereocenters. The largest absolute Gasteiger partial charge is 0.490 e. The van der Waals surface area contributed by atoms with Gasteiger partial charge < -0.3 is 25.1 Å². The molecule has 3 aromatic carbocycles. The molecule has 176 valence electrons. The molecule has 0 atom stereocenters. The molecular weight excluding hydrogens is 440 g/mol. The summed E-state index contributed by atoms with van der Waals surface area (Å²) >= 11 is 0. The van der Waals surface area contributed by atoms with Crippen LogP contribution in [-0.4, -0.2) is 29.1 Å². The second-order valence-corrected chi connectivity index (χ2v) is 7.94. The Hall–Kier alpha value is -4.52. The van der Waals surface area contributed by atoms with Crippen molar-refractivity contribution in [1.82, 2.24) is 9.97 Å². The molecule has 7 heteroatoms. The van der Waals surface area contributed by atoms with E-state index in [0.29, 0.717) is 41.7 Å². The molecule has 5 rings (SSSR count). The first-order valence-electron chi connectivity index (χ1n) is 11.6. The second-order valence-electron chi connectivity index (χ2n) is 7.94. The van der Waals surface area contributed by atoms with E-state index in [2.05, 4.69) is 20.6 Å². The minimum absolute atomic E-state index is 0.185. The van der Waals surface area contributed by atoms with Crippen molar-refractivity contribution in [2.45, 2.75) is 13.8 Å². The zero-order valence-corrected chi connectivity index (χ0v) is 19.6. The van der Waals surface area contributed by atoms with Crippen LogP contribution in [-0.2, 0) is 4.79 Å². The zero-order chi connectivity index (χ0) is 24.2. The highest BCUT2D eigenvalue weighted by molar-refractivity contribution is 6.37. The Balaban J connectivity index is 1.61. The third-order valence-corrected chi connectivity index (χ3v) is 5.69. The van der Waals surface area contributed by atoms with Crippen LogP contribution in [0.2, 0.25) is 0 Å². The van der Waals surface area contributed by atoms with Crippen molar-refractivity contribution in [2.75, 3.05) is 23.8 Å². The average molecular weight is 467 g/mol. The number of anilines is 2. The van der Waals surface area contributed by atoms with Crippen LogP contribution in [0, 0.1) is 0 Å². The van der Waals surface area contributed by atoms with Crippen molar-refractivity contribution in [2.24, 2.45) is 0 Å². The number of rotatable bonds is 8. The van der Waals surface area contributed by atoms with Gasteiger partial charge in [0.1, 0.15) is 0 Å². The lowest BCUT2D eigenvalue weighted by molar-refractivity contribution is -0.110. The Bertz CT molecular complexity index is 1360. The van der Waals surface area contributed by atoms with Gasteiger partial charge in [0.25, 0.3) is 5.91 Å². The summed E-state index contributed by atoms with van der Waals surface area (Å²) in [6, 6.07) is 21.5. The number of carbonyl (C=O) groups is 1. The average Bonchev–Trinajstić information content (AvgIpc) is 3.52. The molecule has 0 aliphatic carbocycles. The van der Waals surface area contributed by atoms with Crippen molar-refractivity contribution in [1.29, 1.82) is 0 Å². The van der Waals surface area contributed by atoms with E-state index in [1.54, 1.807) is 6.33 Å². The molecule has 1 aromatic heterocycles. The van der Waals surface area contributed by atoms with Gasteiger partial charge in [0.05, 0.1) is 42.2 Å². The number of aromatic nitrogens is 2. The monoisotopic (exact) mass is 466 g/mol. The normalized spacial score (nSPS) is 13.7. The highest BCUT2D eigenvalue weighted by Crippen LogP contribution is 2.43. The maximum absolute atomic E-state index is 13.3. The number of nitrogens with zero attached hydrogens (tertiary/aromatic N) is 1. The number of fused-ring (bicyclic) bond motifs is 1. The first-order valence-corrected chi connectivity index (χ1v) is 11.6. The number of H-pyrrole nitrogens is 1. The number of imidazole rings is 1. The maximum Gasteiger partial charge on any atom is 0.258 e. The standard InChI is InChI=1S/C28H26N4O3/c1-3-34-24-14-21-22(15-25(24)35-4-2)32-28(33)26(21)27(19-8-6-5-7-9-19)31-20-12-10-18(11-13-20)23-16-29-17-30-23/h5-17,31H,3-4H2,1-2H3,(H,29,30)(H,32,33). The Morgan fingerprint density at radius 2 is 1.66 bits per heavy atom. The minimum atomic E-state index is -0.185. The molecule has 1 aliphatic heterocycles. The third-order valence-electron chi connectivity index (χ3n) is 5.69. The van der Waals surface area contributed by atoms with Crippen LogP contribution in [0.5, 0.6) is 11.5 Å². The number of amides is 1. The molecule has 0 saturated carbocycles. The molecule has 0 fully saturated rings. The number of hydrogen-bond acceptors (Lipinski definition) is 5. The summed E-state index contributed by atoms with van der Waals surface area (Å²) in [5.74, 6) is 1.03. The van der Waals surface area contributed by atoms with Gasteiger partial charge >= 0.3 is 0 Å². The van der Waals surface area contributed by atoms with E-state index in [-0.39, 0.29) is 5.91 Å². The first kappa shape index (κ1) is 22.3. The number of hydrogen-bond donors (Lipinski definition) is 3. The van der Waals surface area contributed by atoms with E-state index in [1.807, 2.05) is 86.8 Å². The summed E-state index contributed by atoms with van der Waals surface area (Å²) in [6.07, 6.45) is 3.51. The molecule has 1 aliphatic rings. The Labute approximate surface area is 203 Å². The third kappa shape index (κ3) is 4.48. The van der Waals surface area contributed by atoms with Gasteiger partial charge in [-0.05, 0) is 37.6 Å². The van der Waals surface area contributed by atoms with E-state index in [4.69, 9.17) is 9.47 Å². The van der Waals surface area contributed by atoms with Gasteiger partial charge in [-0.3, -0.25) is 4.79 Å². The second kappa shape index (κ2) is 9.77. The van der Waals surface area contributed by atoms with E-state index in [9.17, 15) is 4.79 Å². The Kier molecular flexibility index (Phi) is 6.22. The van der Waals surface area contributed by atoms with Gasteiger partial charge in [-0.25, -0.2) is 4.98 Å². The van der Waals surface area contributed by atoms with Gasteiger partial charge in [-0.1, -0.05) is 42.5 Å². The highest BCUT2D eigenvalue weighted by Gasteiger charge is 2.30. The molecule has 7 nitrogen and oxygen atoms in total. The number of benzene rings is 3. The lowest BCUT2D eigenvalue weighted by atomic mass is 9.99. The van der Waals surface area contributed by atoms with Gasteiger partial charge in [-0.15, -0.1) is 0 Å². The summed E-state index contributed by atoms with van der Waals surface area (Å²) < 4.78 is 11.6. The Morgan fingerprint density at radius 1 is 0.943 bits per heavy atom. The van der Waals surface area contributed by atoms with Crippen LogP contribution >= 0.6 is 0 Å². The highest BCUT2D eigenvalue weighted by atomic mass is 16.5. The summed E-state index contributed by atoms with van der Waals surface area (Å²) in [5, 5.41) is 6.49. The molecule has 0 saturated heterocycles. The fourth-order valence-electron chi connectivity index (χ4n) is 4.13. The van der Waals surface area contributed by atoms with E-state index >= 15 is 0 Å². The van der Waals surface area contributed by atoms with Gasteiger partial charge in [0, 0.05) is 29.1 Å². The quantitative estimate of drug-likeness (QED) is 0.285. The van der Waals surface area contributed by atoms with Crippen molar-refractivity contribution >= 4 is 28.6 Å². The smallest absolute Gasteiger partial charge is 0.258 e. The molecule has 3 N–H and O–H groups in total. The molecule has 1 amide bonds. The SMILES string of the molecule is CCOc1cc2c(cc1OCC)C(=C(Nc1ccc(-c3c[nH]cn3)cc1)c1ccccc1)C(=O)N2. The summed E-state index contributed by atoms with van der Waals surface area (Å²) in [6.45, 7) is 4.83. The fourth-order valence-corrected chi connectivity index (χ4v) is 4.13. The Morgan fingerprint density at radius 3 is 2.31 bits per heavy atom. The minimum Gasteiger partial charge on any atom is -0.490 e. The molecule has 35 heavy (non-hydrogen) atoms. The maximum atomic E-state index is 13.3. The number of nitrogens with one attached hydrogen (secondary N) is 3. The van der Waals surface area contributed by atoms with Gasteiger partial charge in [0.15, 0.2) is 11.5 Å². The van der Waals surface area contributed by atoms with Gasteiger partial charge in [0.2, 0.25) is 0 Å². The van der Waals surface area contributed by atoms with Crippen molar-refractivity contribution < 1.29 is 14.3 Å². The first-order chi connectivity index (χ1) is 17.2. The molecule has 0 radical (unpaired) electrons. The molecule has 4 aromatic rings. The van der Waals surface area contributed by atoms with Crippen molar-refractivity contribution in [3.63, 3.8) is 0 Å². The topological polar surface area (TPSA) is 88.3 Å². The van der Waals surface area contributed by atoms with Crippen LogP contribution < -0.4 is 20.1 Å². The molecule has 0 spiro atoms. The number of carbonyl (C=O) groups excluding carboxylic acids is 1. The summed E-state index contributed by atoms with van der Waals surface area (Å²) in [7, 11) is 0. The van der Waals surface area contributed by atoms with Gasteiger partial charge in [-0.2, -0.15) is 0 Å². The van der Waals surface area contributed by atoms with Crippen molar-refractivity contribution in [3.8, 4) is 22.8 Å². The van der Waals surface area contributed by atoms with Crippen LogP contribution in [0.15, 0.2) is 79.3 Å². The lowest BCUT2D eigenvalue weighted by Crippen LogP contribution is -2.10. The van der Waals surface area contributed by atoms with Crippen molar-refractivity contribution in [3.05, 3.63) is 90.4 Å². The molecule has 0 bridgehead atoms. The van der Waals surface area contributed by atoms with Crippen LogP contribution in [0.25, 0.3) is 22.5 Å². The van der Waals surface area contributed by atoms with Crippen LogP contribution in [0.1, 0.15) is 25.0 Å². The predicted molar refractivity (Wildman–Crippen MR) is 138 cm³/mol. The fraction of sp³-hybridized carbons (Fsp3) is 0.143. The molecule has 2 heterocycles. The van der Waals surface area contributed by atoms with E-state index in [0.717, 1.165) is 28.1 Å². The number of ether oxygens (including phenoxy) is 2. The number of aromatic amines is 1. The summed E-state index contributed by atoms with van der Waals surface area (Å²) in [5.41, 5.74) is 6.34. The van der Waals surface area contributed by atoms with Crippen LogP contribution in [0.4, 0.5) is 11.4 Å². The predicted octanol–water partition coefficient (Wildman–Crippen LogP) is 5.81. The van der Waals surface area contributed by atoms with E-state index < -0.39 is 0 Å². The lowest BCUT2D eigenvalue weighted by Gasteiger charge is -2.16.